The van der Waals surface area contributed by atoms with E-state index in [1.807, 2.05) is 36.0 Å². The van der Waals surface area contributed by atoms with Crippen molar-refractivity contribution in [2.45, 2.75) is 19.9 Å². The maximum Gasteiger partial charge on any atom is 0.269 e. The van der Waals surface area contributed by atoms with E-state index in [0.29, 0.717) is 6.54 Å². The van der Waals surface area contributed by atoms with Crippen molar-refractivity contribution in [3.63, 3.8) is 0 Å². The Morgan fingerprint density at radius 1 is 1.29 bits per heavy atom. The zero-order valence-corrected chi connectivity index (χ0v) is 13.5. The van der Waals surface area contributed by atoms with Gasteiger partial charge in [0.25, 0.3) is 5.56 Å². The molecule has 0 fully saturated rings. The van der Waals surface area contributed by atoms with Gasteiger partial charge < -0.3 is 0 Å². The minimum atomic E-state index is -0.111. The quantitative estimate of drug-likeness (QED) is 0.732. The Hall–Kier alpha value is -1.95. The van der Waals surface area contributed by atoms with Gasteiger partial charge in [-0.05, 0) is 34.5 Å². The molecular weight excluding hydrogens is 332 g/mol. The Bertz CT molecular complexity index is 866. The maximum absolute atomic E-state index is 12.2. The molecule has 0 atom stereocenters. The van der Waals surface area contributed by atoms with E-state index in [1.165, 1.54) is 6.20 Å². The number of aryl methyl sites for hydroxylation is 2. The first kappa shape index (κ1) is 14.0. The van der Waals surface area contributed by atoms with E-state index >= 15 is 0 Å². The fourth-order valence-corrected chi connectivity index (χ4v) is 3.16. The van der Waals surface area contributed by atoms with E-state index in [4.69, 9.17) is 0 Å². The molecule has 1 aromatic carbocycles. The predicted octanol–water partition coefficient (Wildman–Crippen LogP) is 2.50. The second-order valence-corrected chi connectivity index (χ2v) is 5.65. The Labute approximate surface area is 130 Å². The lowest BCUT2D eigenvalue weighted by Gasteiger charge is -2.10. The van der Waals surface area contributed by atoms with Crippen molar-refractivity contribution in [1.29, 1.82) is 0 Å². The number of hydrogen-bond donors (Lipinski definition) is 0. The van der Waals surface area contributed by atoms with Crippen LogP contribution < -0.4 is 5.56 Å². The molecule has 21 heavy (non-hydrogen) atoms. The predicted molar refractivity (Wildman–Crippen MR) is 85.4 cm³/mol. The van der Waals surface area contributed by atoms with Crippen LogP contribution in [0.3, 0.4) is 0 Å². The van der Waals surface area contributed by atoms with E-state index in [2.05, 4.69) is 32.9 Å². The molecule has 6 heteroatoms. The maximum atomic E-state index is 12.2. The second kappa shape index (κ2) is 5.44. The number of nitrogens with zero attached hydrogens (tertiary/aromatic N) is 4. The smallest absolute Gasteiger partial charge is 0.269 e. The molecule has 0 N–H and O–H groups in total. The Balaban J connectivity index is 2.17. The molecule has 0 spiro atoms. The van der Waals surface area contributed by atoms with E-state index in [1.54, 1.807) is 4.57 Å². The van der Waals surface area contributed by atoms with Crippen molar-refractivity contribution in [3.05, 3.63) is 56.7 Å². The normalized spacial score (nSPS) is 11.2. The van der Waals surface area contributed by atoms with Crippen LogP contribution in [0.5, 0.6) is 0 Å². The lowest BCUT2D eigenvalue weighted by Crippen LogP contribution is -2.22. The van der Waals surface area contributed by atoms with Gasteiger partial charge in [-0.2, -0.15) is 5.10 Å². The van der Waals surface area contributed by atoms with E-state index in [9.17, 15) is 4.79 Å². The molecule has 0 aliphatic heterocycles. The summed E-state index contributed by atoms with van der Waals surface area (Å²) in [5.41, 5.74) is 3.51. The summed E-state index contributed by atoms with van der Waals surface area (Å²) in [5.74, 6) is 0. The summed E-state index contributed by atoms with van der Waals surface area (Å²) in [6.45, 7) is 2.52. The molecule has 0 saturated carbocycles. The lowest BCUT2D eigenvalue weighted by atomic mass is 10.2. The van der Waals surface area contributed by atoms with E-state index in [0.717, 1.165) is 33.3 Å². The molecule has 5 nitrogen and oxygen atoms in total. The molecule has 0 unspecified atom stereocenters. The zero-order chi connectivity index (χ0) is 15.0. The monoisotopic (exact) mass is 346 g/mol. The molecule has 0 saturated heterocycles. The van der Waals surface area contributed by atoms with Crippen molar-refractivity contribution in [2.24, 2.45) is 7.05 Å². The SMILES string of the molecule is CCc1nn(C)c(Cn2c(=O)cnc3ccccc32)c1Br. The molecule has 0 aliphatic carbocycles. The number of rotatable bonds is 3. The molecule has 2 aromatic heterocycles. The molecule has 0 aliphatic rings. The number of benzene rings is 1. The van der Waals surface area contributed by atoms with Crippen LogP contribution in [0.2, 0.25) is 0 Å². The van der Waals surface area contributed by atoms with Gasteiger partial charge in [0.2, 0.25) is 0 Å². The Morgan fingerprint density at radius 3 is 2.76 bits per heavy atom. The molecule has 3 aromatic rings. The molecule has 2 heterocycles. The largest absolute Gasteiger partial charge is 0.299 e. The van der Waals surface area contributed by atoms with Crippen LogP contribution in [0.1, 0.15) is 18.3 Å². The number of hydrogen-bond acceptors (Lipinski definition) is 3. The van der Waals surface area contributed by atoms with Gasteiger partial charge in [-0.15, -0.1) is 0 Å². The molecule has 0 radical (unpaired) electrons. The molecule has 0 bridgehead atoms. The summed E-state index contributed by atoms with van der Waals surface area (Å²) in [5, 5.41) is 4.47. The minimum Gasteiger partial charge on any atom is -0.299 e. The average Bonchev–Trinajstić information content (AvgIpc) is 2.77. The highest BCUT2D eigenvalue weighted by molar-refractivity contribution is 9.10. The second-order valence-electron chi connectivity index (χ2n) is 4.86. The standard InChI is InChI=1S/C15H15BrN4O/c1-3-10-15(16)13(19(2)18-10)9-20-12-7-5-4-6-11(12)17-8-14(20)21/h4-8H,3,9H2,1-2H3. The molecule has 0 amide bonds. The summed E-state index contributed by atoms with van der Waals surface area (Å²) in [6, 6.07) is 7.64. The summed E-state index contributed by atoms with van der Waals surface area (Å²) in [7, 11) is 1.90. The van der Waals surface area contributed by atoms with Gasteiger partial charge in [0.1, 0.15) is 0 Å². The molecular formula is C15H15BrN4O. The van der Waals surface area contributed by atoms with E-state index in [-0.39, 0.29) is 5.56 Å². The highest BCUT2D eigenvalue weighted by Crippen LogP contribution is 2.23. The van der Waals surface area contributed by atoms with Crippen molar-refractivity contribution in [1.82, 2.24) is 19.3 Å². The third kappa shape index (κ3) is 2.40. The minimum absolute atomic E-state index is 0.111. The van der Waals surface area contributed by atoms with Gasteiger partial charge in [-0.1, -0.05) is 19.1 Å². The fraction of sp³-hybridized carbons (Fsp3) is 0.267. The summed E-state index contributed by atoms with van der Waals surface area (Å²) >= 11 is 3.59. The zero-order valence-electron chi connectivity index (χ0n) is 11.9. The lowest BCUT2D eigenvalue weighted by molar-refractivity contribution is 0.657. The van der Waals surface area contributed by atoms with Gasteiger partial charge in [-0.25, -0.2) is 4.98 Å². The Morgan fingerprint density at radius 2 is 2.05 bits per heavy atom. The van der Waals surface area contributed by atoms with Gasteiger partial charge in [0.05, 0.1) is 39.6 Å². The van der Waals surface area contributed by atoms with Crippen LogP contribution in [0.15, 0.2) is 39.7 Å². The fourth-order valence-electron chi connectivity index (χ4n) is 2.42. The topological polar surface area (TPSA) is 52.7 Å². The van der Waals surface area contributed by atoms with Crippen molar-refractivity contribution in [3.8, 4) is 0 Å². The first-order chi connectivity index (χ1) is 10.1. The average molecular weight is 347 g/mol. The van der Waals surface area contributed by atoms with Gasteiger partial charge in [-0.3, -0.25) is 14.0 Å². The van der Waals surface area contributed by atoms with Gasteiger partial charge in [0, 0.05) is 7.05 Å². The first-order valence-electron chi connectivity index (χ1n) is 6.76. The third-order valence-corrected chi connectivity index (χ3v) is 4.48. The van der Waals surface area contributed by atoms with Crippen LogP contribution >= 0.6 is 15.9 Å². The van der Waals surface area contributed by atoms with Crippen LogP contribution in [0.25, 0.3) is 11.0 Å². The van der Waals surface area contributed by atoms with Crippen LogP contribution in [0.4, 0.5) is 0 Å². The van der Waals surface area contributed by atoms with Crippen molar-refractivity contribution < 1.29 is 0 Å². The van der Waals surface area contributed by atoms with Gasteiger partial charge >= 0.3 is 0 Å². The molecule has 3 rings (SSSR count). The molecule has 108 valence electrons. The highest BCUT2D eigenvalue weighted by Gasteiger charge is 2.14. The summed E-state index contributed by atoms with van der Waals surface area (Å²) < 4.78 is 4.52. The highest BCUT2D eigenvalue weighted by atomic mass is 79.9. The summed E-state index contributed by atoms with van der Waals surface area (Å²) in [4.78, 5) is 16.4. The van der Waals surface area contributed by atoms with Crippen molar-refractivity contribution >= 4 is 27.0 Å². The van der Waals surface area contributed by atoms with Crippen LogP contribution in [-0.2, 0) is 20.0 Å². The van der Waals surface area contributed by atoms with Crippen LogP contribution in [-0.4, -0.2) is 19.3 Å². The van der Waals surface area contributed by atoms with E-state index < -0.39 is 0 Å². The van der Waals surface area contributed by atoms with Crippen LogP contribution in [0, 0.1) is 0 Å². The number of para-hydroxylation sites is 2. The Kier molecular flexibility index (Phi) is 3.63. The number of halogens is 1. The number of fused-ring (bicyclic) bond motifs is 1. The van der Waals surface area contributed by atoms with Gasteiger partial charge in [0.15, 0.2) is 0 Å². The third-order valence-electron chi connectivity index (χ3n) is 3.56. The first-order valence-corrected chi connectivity index (χ1v) is 7.56. The summed E-state index contributed by atoms with van der Waals surface area (Å²) in [6.07, 6.45) is 2.22. The van der Waals surface area contributed by atoms with Crippen molar-refractivity contribution in [2.75, 3.05) is 0 Å². The number of aromatic nitrogens is 4.